The van der Waals surface area contributed by atoms with Crippen LogP contribution in [0.2, 0.25) is 0 Å². The number of rotatable bonds is 11. The Morgan fingerprint density at radius 2 is 1.14 bits per heavy atom. The fourth-order valence-electron chi connectivity index (χ4n) is 6.19. The van der Waals surface area contributed by atoms with Crippen LogP contribution in [0.25, 0.3) is 0 Å². The lowest BCUT2D eigenvalue weighted by molar-refractivity contribution is -0.127. The highest BCUT2D eigenvalue weighted by Gasteiger charge is 2.52. The van der Waals surface area contributed by atoms with E-state index in [4.69, 9.17) is 0 Å². The van der Waals surface area contributed by atoms with Gasteiger partial charge in [0.2, 0.25) is 0 Å². The number of hydrogen-bond acceptors (Lipinski definition) is 3. The third-order valence-electron chi connectivity index (χ3n) is 9.18. The predicted molar refractivity (Wildman–Crippen MR) is 185 cm³/mol. The van der Waals surface area contributed by atoms with E-state index in [1.54, 1.807) is 6.08 Å². The van der Waals surface area contributed by atoms with Crippen molar-refractivity contribution in [1.29, 1.82) is 0 Å². The minimum absolute atomic E-state index is 0.00528. The maximum Gasteiger partial charge on any atom is 0.162 e. The molecule has 2 rings (SSSR count). The van der Waals surface area contributed by atoms with E-state index < -0.39 is 11.5 Å². The Morgan fingerprint density at radius 3 is 1.63 bits per heavy atom. The number of carbonyl (C=O) groups is 1. The van der Waals surface area contributed by atoms with Gasteiger partial charge in [0.15, 0.2) is 5.78 Å². The lowest BCUT2D eigenvalue weighted by atomic mass is 9.66. The number of aliphatic hydroxyl groups excluding tert-OH is 2. The van der Waals surface area contributed by atoms with Crippen LogP contribution in [0.15, 0.2) is 119 Å². The second-order valence-corrected chi connectivity index (χ2v) is 14.2. The smallest absolute Gasteiger partial charge is 0.162 e. The summed E-state index contributed by atoms with van der Waals surface area (Å²) >= 11 is 0. The van der Waals surface area contributed by atoms with Gasteiger partial charge in [0.05, 0.1) is 12.2 Å². The van der Waals surface area contributed by atoms with Gasteiger partial charge in [-0.05, 0) is 82.8 Å². The molecule has 2 N–H and O–H groups in total. The molecule has 234 valence electrons. The maximum absolute atomic E-state index is 12.9. The van der Waals surface area contributed by atoms with E-state index in [2.05, 4.69) is 97.9 Å². The van der Waals surface area contributed by atoms with E-state index in [-0.39, 0.29) is 22.7 Å². The fraction of sp³-hybridized carbons (Fsp3) is 0.475. The molecule has 0 heterocycles. The lowest BCUT2D eigenvalue weighted by Gasteiger charge is -2.35. The van der Waals surface area contributed by atoms with Gasteiger partial charge in [-0.1, -0.05) is 141 Å². The van der Waals surface area contributed by atoms with Gasteiger partial charge >= 0.3 is 0 Å². The van der Waals surface area contributed by atoms with E-state index in [0.29, 0.717) is 12.8 Å². The van der Waals surface area contributed by atoms with Crippen molar-refractivity contribution in [3.63, 3.8) is 0 Å². The molecule has 0 saturated heterocycles. The van der Waals surface area contributed by atoms with Gasteiger partial charge in [-0.2, -0.15) is 0 Å². The standard InChI is InChI=1S/C40H56O3/c1-29(17-13-19-31(3)21-23-36-33(5)25-34(41)26-38(36,6)7)15-11-12-16-30(2)18-14-20-32(4)22-24-37(43)40(10)28-35(42)27-39(40,8)9/h11-24,34-35,41-42H,25-28H2,1-10H3/b12-11+,17-13+,18-14+,23-21+,24-22+,29-15+,30-16+,31-19-,32-20-/t34-,35+,40+/m1/s1. The van der Waals surface area contributed by atoms with Gasteiger partial charge < -0.3 is 10.2 Å². The van der Waals surface area contributed by atoms with Crippen LogP contribution in [0.3, 0.4) is 0 Å². The first-order valence-electron chi connectivity index (χ1n) is 15.7. The topological polar surface area (TPSA) is 57.5 Å². The molecule has 3 atom stereocenters. The Labute approximate surface area is 262 Å². The van der Waals surface area contributed by atoms with Crippen molar-refractivity contribution in [3.8, 4) is 0 Å². The highest BCUT2D eigenvalue weighted by molar-refractivity contribution is 5.95. The van der Waals surface area contributed by atoms with Crippen molar-refractivity contribution in [2.75, 3.05) is 0 Å². The Bertz CT molecular complexity index is 1310. The number of hydrogen-bond donors (Lipinski definition) is 2. The minimum atomic E-state index is -0.532. The molecule has 0 spiro atoms. The number of aliphatic hydroxyl groups is 2. The van der Waals surface area contributed by atoms with Crippen LogP contribution in [0.5, 0.6) is 0 Å². The van der Waals surface area contributed by atoms with Crippen molar-refractivity contribution >= 4 is 5.78 Å². The molecule has 0 amide bonds. The normalized spacial score (nSPS) is 27.7. The molecule has 2 aliphatic carbocycles. The molecule has 0 radical (unpaired) electrons. The van der Waals surface area contributed by atoms with Crippen molar-refractivity contribution < 1.29 is 15.0 Å². The zero-order chi connectivity index (χ0) is 32.4. The summed E-state index contributed by atoms with van der Waals surface area (Å²) in [6, 6.07) is 0. The molecule has 0 unspecified atom stereocenters. The SMILES string of the molecule is CC1=C(/C=C/C(C)=C\C=C\C(C)=C\C=C\C=C(C)\C=C\C=C(C)/C=C/C(=O)[C@]2(C)C[C@@H](O)CC2(C)C)C(C)(C)C[C@H](O)C1. The maximum atomic E-state index is 12.9. The molecule has 3 heteroatoms. The Balaban J connectivity index is 1.89. The van der Waals surface area contributed by atoms with E-state index in [0.717, 1.165) is 29.6 Å². The van der Waals surface area contributed by atoms with Gasteiger partial charge in [0, 0.05) is 5.41 Å². The lowest BCUT2D eigenvalue weighted by Crippen LogP contribution is -2.36. The monoisotopic (exact) mass is 584 g/mol. The van der Waals surface area contributed by atoms with Gasteiger partial charge in [0.1, 0.15) is 0 Å². The third-order valence-corrected chi connectivity index (χ3v) is 9.18. The van der Waals surface area contributed by atoms with Crippen molar-refractivity contribution in [2.24, 2.45) is 16.2 Å². The molecular weight excluding hydrogens is 528 g/mol. The molecule has 43 heavy (non-hydrogen) atoms. The molecule has 3 nitrogen and oxygen atoms in total. The van der Waals surface area contributed by atoms with Crippen LogP contribution in [0.4, 0.5) is 0 Å². The number of ketones is 1. The second kappa shape index (κ2) is 15.6. The minimum Gasteiger partial charge on any atom is -0.393 e. The Kier molecular flexibility index (Phi) is 13.2. The average molecular weight is 585 g/mol. The summed E-state index contributed by atoms with van der Waals surface area (Å²) in [4.78, 5) is 12.9. The van der Waals surface area contributed by atoms with Crippen molar-refractivity contribution in [1.82, 2.24) is 0 Å². The molecule has 0 bridgehead atoms. The van der Waals surface area contributed by atoms with E-state index in [1.807, 2.05) is 50.3 Å². The summed E-state index contributed by atoms with van der Waals surface area (Å²) in [6.07, 6.45) is 30.6. The molecule has 1 fully saturated rings. The van der Waals surface area contributed by atoms with Crippen LogP contribution in [0, 0.1) is 16.2 Å². The average Bonchev–Trinajstić information content (AvgIpc) is 3.10. The van der Waals surface area contributed by atoms with E-state index in [1.165, 1.54) is 16.7 Å². The van der Waals surface area contributed by atoms with Crippen LogP contribution in [-0.4, -0.2) is 28.2 Å². The zero-order valence-electron chi connectivity index (χ0n) is 28.4. The highest BCUT2D eigenvalue weighted by Crippen LogP contribution is 2.53. The zero-order valence-corrected chi connectivity index (χ0v) is 28.4. The fourth-order valence-corrected chi connectivity index (χ4v) is 6.19. The summed E-state index contributed by atoms with van der Waals surface area (Å²) in [5.41, 5.74) is 6.34. The number of allylic oxidation sites excluding steroid dienone is 19. The number of carbonyl (C=O) groups excluding carboxylic acids is 1. The molecule has 1 saturated carbocycles. The van der Waals surface area contributed by atoms with Crippen LogP contribution < -0.4 is 0 Å². The predicted octanol–water partition coefficient (Wildman–Crippen LogP) is 9.81. The van der Waals surface area contributed by atoms with E-state index in [9.17, 15) is 15.0 Å². The molecule has 0 aromatic rings. The van der Waals surface area contributed by atoms with Gasteiger partial charge in [-0.3, -0.25) is 4.79 Å². The van der Waals surface area contributed by atoms with E-state index >= 15 is 0 Å². The first-order chi connectivity index (χ1) is 20.0. The molecule has 0 aromatic heterocycles. The Morgan fingerprint density at radius 1 is 0.651 bits per heavy atom. The summed E-state index contributed by atoms with van der Waals surface area (Å²) in [5, 5.41) is 20.2. The summed E-state index contributed by atoms with van der Waals surface area (Å²) in [7, 11) is 0. The molecule has 0 aromatic carbocycles. The van der Waals surface area contributed by atoms with Gasteiger partial charge in [-0.25, -0.2) is 0 Å². The first-order valence-corrected chi connectivity index (χ1v) is 15.7. The van der Waals surface area contributed by atoms with Crippen LogP contribution >= 0.6 is 0 Å². The van der Waals surface area contributed by atoms with Crippen molar-refractivity contribution in [3.05, 3.63) is 119 Å². The molecular formula is C40H56O3. The Hall–Kier alpha value is -3.01. The van der Waals surface area contributed by atoms with Crippen LogP contribution in [-0.2, 0) is 4.79 Å². The second-order valence-electron chi connectivity index (χ2n) is 14.2. The largest absolute Gasteiger partial charge is 0.393 e. The van der Waals surface area contributed by atoms with Gasteiger partial charge in [-0.15, -0.1) is 0 Å². The third kappa shape index (κ3) is 10.9. The van der Waals surface area contributed by atoms with Gasteiger partial charge in [0.25, 0.3) is 0 Å². The summed E-state index contributed by atoms with van der Waals surface area (Å²) in [5.74, 6) is 0.0853. The van der Waals surface area contributed by atoms with Crippen LogP contribution in [0.1, 0.15) is 94.9 Å². The summed E-state index contributed by atoms with van der Waals surface area (Å²) in [6.45, 7) is 20.9. The first kappa shape index (κ1) is 36.2. The highest BCUT2D eigenvalue weighted by atomic mass is 16.3. The molecule has 0 aliphatic heterocycles. The quantitative estimate of drug-likeness (QED) is 0.188. The summed E-state index contributed by atoms with van der Waals surface area (Å²) < 4.78 is 0. The van der Waals surface area contributed by atoms with Crippen molar-refractivity contribution in [2.45, 2.75) is 107 Å². The molecule has 2 aliphatic rings.